The molecule has 0 amide bonds. The summed E-state index contributed by atoms with van der Waals surface area (Å²) in [4.78, 5) is 15.6. The van der Waals surface area contributed by atoms with Gasteiger partial charge in [-0.2, -0.15) is 0 Å². The van der Waals surface area contributed by atoms with Crippen LogP contribution in [-0.4, -0.2) is 10.2 Å². The number of aromatic nitrogens is 1. The van der Waals surface area contributed by atoms with E-state index in [1.807, 2.05) is 6.07 Å². The smallest absolute Gasteiger partial charge is 0.253 e. The van der Waals surface area contributed by atoms with E-state index < -0.39 is 5.24 Å². The molecular weight excluding hydrogens is 313 g/mol. The predicted molar refractivity (Wildman–Crippen MR) is 69.4 cm³/mol. The molecule has 82 valence electrons. The van der Waals surface area contributed by atoms with E-state index in [-0.39, 0.29) is 0 Å². The van der Waals surface area contributed by atoms with Crippen molar-refractivity contribution in [2.45, 2.75) is 6.92 Å². The third kappa shape index (κ3) is 1.95. The van der Waals surface area contributed by atoms with Crippen LogP contribution < -0.4 is 0 Å². The van der Waals surface area contributed by atoms with Gasteiger partial charge in [0.2, 0.25) is 0 Å². The molecule has 0 N–H and O–H groups in total. The molecule has 0 bridgehead atoms. The van der Waals surface area contributed by atoms with Crippen molar-refractivity contribution in [2.24, 2.45) is 0 Å². The number of pyridine rings is 1. The van der Waals surface area contributed by atoms with Gasteiger partial charge in [0.25, 0.3) is 5.24 Å². The third-order valence-electron chi connectivity index (χ3n) is 2.33. The Balaban J connectivity index is 2.96. The summed E-state index contributed by atoms with van der Waals surface area (Å²) in [6.07, 6.45) is 0. The molecule has 0 aliphatic rings. The first-order chi connectivity index (χ1) is 7.50. The van der Waals surface area contributed by atoms with Gasteiger partial charge in [-0.1, -0.05) is 27.5 Å². The maximum atomic E-state index is 11.4. The molecule has 2 rings (SSSR count). The average Bonchev–Trinajstić information content (AvgIpc) is 2.20. The summed E-state index contributed by atoms with van der Waals surface area (Å²) in [6.45, 7) is 1.73. The second kappa shape index (κ2) is 4.32. The van der Waals surface area contributed by atoms with Gasteiger partial charge >= 0.3 is 0 Å². The maximum absolute atomic E-state index is 11.4. The van der Waals surface area contributed by atoms with Gasteiger partial charge in [-0.25, -0.2) is 4.98 Å². The monoisotopic (exact) mass is 317 g/mol. The SMILES string of the molecule is Cc1c(Cl)nc2ccc(Br)cc2c1C(=O)Cl. The topological polar surface area (TPSA) is 30.0 Å². The maximum Gasteiger partial charge on any atom is 0.253 e. The molecule has 5 heteroatoms. The Labute approximate surface area is 111 Å². The molecular formula is C11H6BrCl2NO. The van der Waals surface area contributed by atoms with E-state index >= 15 is 0 Å². The van der Waals surface area contributed by atoms with Crippen molar-refractivity contribution in [1.82, 2.24) is 4.98 Å². The Morgan fingerprint density at radius 2 is 2.12 bits per heavy atom. The van der Waals surface area contributed by atoms with Crippen molar-refractivity contribution in [2.75, 3.05) is 0 Å². The molecule has 0 atom stereocenters. The largest absolute Gasteiger partial charge is 0.276 e. The molecule has 0 fully saturated rings. The highest BCUT2D eigenvalue weighted by molar-refractivity contribution is 9.10. The molecule has 0 spiro atoms. The lowest BCUT2D eigenvalue weighted by atomic mass is 10.1. The van der Waals surface area contributed by atoms with Crippen molar-refractivity contribution < 1.29 is 4.79 Å². The predicted octanol–water partition coefficient (Wildman–Crippen LogP) is 4.34. The van der Waals surface area contributed by atoms with E-state index in [2.05, 4.69) is 20.9 Å². The fourth-order valence-electron chi connectivity index (χ4n) is 1.55. The zero-order valence-electron chi connectivity index (χ0n) is 8.22. The number of carbonyl (C=O) groups excluding carboxylic acids is 1. The minimum Gasteiger partial charge on any atom is -0.276 e. The van der Waals surface area contributed by atoms with E-state index in [9.17, 15) is 4.79 Å². The van der Waals surface area contributed by atoms with Crippen LogP contribution in [0.4, 0.5) is 0 Å². The van der Waals surface area contributed by atoms with Crippen LogP contribution >= 0.6 is 39.1 Å². The van der Waals surface area contributed by atoms with E-state index in [4.69, 9.17) is 23.2 Å². The Morgan fingerprint density at radius 1 is 1.44 bits per heavy atom. The first-order valence-corrected chi connectivity index (χ1v) is 6.01. The Hall–Kier alpha value is -0.640. The summed E-state index contributed by atoms with van der Waals surface area (Å²) in [6, 6.07) is 5.43. The molecule has 0 unspecified atom stereocenters. The molecule has 0 saturated carbocycles. The van der Waals surface area contributed by atoms with Crippen molar-refractivity contribution >= 4 is 55.3 Å². The molecule has 1 aromatic heterocycles. The van der Waals surface area contributed by atoms with Gasteiger partial charge in [-0.15, -0.1) is 0 Å². The summed E-state index contributed by atoms with van der Waals surface area (Å²) in [5.74, 6) is 0. The van der Waals surface area contributed by atoms with Gasteiger partial charge in [-0.05, 0) is 42.3 Å². The van der Waals surface area contributed by atoms with Gasteiger partial charge in [0, 0.05) is 15.4 Å². The van der Waals surface area contributed by atoms with Crippen molar-refractivity contribution in [3.63, 3.8) is 0 Å². The molecule has 2 aromatic rings. The number of halogens is 3. The Morgan fingerprint density at radius 3 is 2.75 bits per heavy atom. The second-order valence-corrected chi connectivity index (χ2v) is 4.95. The van der Waals surface area contributed by atoms with E-state index in [1.165, 1.54) is 0 Å². The van der Waals surface area contributed by atoms with Crippen LogP contribution in [0.3, 0.4) is 0 Å². The molecule has 16 heavy (non-hydrogen) atoms. The summed E-state index contributed by atoms with van der Waals surface area (Å²) < 4.78 is 0.864. The normalized spacial score (nSPS) is 10.8. The molecule has 1 aromatic carbocycles. The lowest BCUT2D eigenvalue weighted by Gasteiger charge is -2.08. The lowest BCUT2D eigenvalue weighted by Crippen LogP contribution is -1.98. The van der Waals surface area contributed by atoms with E-state index in [0.29, 0.717) is 27.2 Å². The molecule has 0 radical (unpaired) electrons. The molecule has 0 saturated heterocycles. The van der Waals surface area contributed by atoms with Crippen LogP contribution in [0, 0.1) is 6.92 Å². The Bertz CT molecular complexity index is 598. The van der Waals surface area contributed by atoms with Crippen LogP contribution in [0.1, 0.15) is 15.9 Å². The summed E-state index contributed by atoms with van der Waals surface area (Å²) in [5, 5.41) is 0.486. The minimum absolute atomic E-state index is 0.304. The lowest BCUT2D eigenvalue weighted by molar-refractivity contribution is 0.108. The quantitative estimate of drug-likeness (QED) is 0.578. The Kier molecular flexibility index (Phi) is 3.19. The number of nitrogens with zero attached hydrogens (tertiary/aromatic N) is 1. The van der Waals surface area contributed by atoms with Crippen LogP contribution in [0.2, 0.25) is 5.15 Å². The van der Waals surface area contributed by atoms with Crippen molar-refractivity contribution in [3.05, 3.63) is 39.0 Å². The first kappa shape index (κ1) is 11.8. The first-order valence-electron chi connectivity index (χ1n) is 4.46. The number of benzene rings is 1. The average molecular weight is 319 g/mol. The second-order valence-electron chi connectivity index (χ2n) is 3.34. The van der Waals surface area contributed by atoms with Crippen molar-refractivity contribution in [1.29, 1.82) is 0 Å². The number of hydrogen-bond donors (Lipinski definition) is 0. The number of carbonyl (C=O) groups is 1. The molecule has 1 heterocycles. The zero-order valence-corrected chi connectivity index (χ0v) is 11.3. The number of rotatable bonds is 1. The highest BCUT2D eigenvalue weighted by Gasteiger charge is 2.15. The molecule has 0 aliphatic heterocycles. The fraction of sp³-hybridized carbons (Fsp3) is 0.0909. The van der Waals surface area contributed by atoms with Crippen LogP contribution in [0.15, 0.2) is 22.7 Å². The molecule has 0 aliphatic carbocycles. The standard InChI is InChI=1S/C11H6BrCl2NO/c1-5-9(11(14)16)7-4-6(12)2-3-8(7)15-10(5)13/h2-4H,1H3. The minimum atomic E-state index is -0.523. The summed E-state index contributed by atoms with van der Waals surface area (Å²) in [5.41, 5.74) is 1.67. The van der Waals surface area contributed by atoms with Gasteiger partial charge in [0.15, 0.2) is 0 Å². The van der Waals surface area contributed by atoms with Gasteiger partial charge in [0.05, 0.1) is 5.52 Å². The van der Waals surface area contributed by atoms with Gasteiger partial charge < -0.3 is 0 Å². The van der Waals surface area contributed by atoms with Crippen molar-refractivity contribution in [3.8, 4) is 0 Å². The zero-order chi connectivity index (χ0) is 11.9. The third-order valence-corrected chi connectivity index (χ3v) is 3.38. The highest BCUT2D eigenvalue weighted by atomic mass is 79.9. The van der Waals surface area contributed by atoms with Crippen LogP contribution in [0.5, 0.6) is 0 Å². The van der Waals surface area contributed by atoms with E-state index in [1.54, 1.807) is 19.1 Å². The van der Waals surface area contributed by atoms with Crippen LogP contribution in [0.25, 0.3) is 10.9 Å². The van der Waals surface area contributed by atoms with Gasteiger partial charge in [0.1, 0.15) is 5.15 Å². The number of fused-ring (bicyclic) bond motifs is 1. The van der Waals surface area contributed by atoms with Gasteiger partial charge in [-0.3, -0.25) is 4.79 Å². The van der Waals surface area contributed by atoms with E-state index in [0.717, 1.165) is 4.47 Å². The van der Waals surface area contributed by atoms with Crippen LogP contribution in [-0.2, 0) is 0 Å². The summed E-state index contributed by atoms with van der Waals surface area (Å²) in [7, 11) is 0. The highest BCUT2D eigenvalue weighted by Crippen LogP contribution is 2.29. The fourth-order valence-corrected chi connectivity index (χ4v) is 2.34. The summed E-state index contributed by atoms with van der Waals surface area (Å²) >= 11 is 14.9. The molecule has 2 nitrogen and oxygen atoms in total. The number of hydrogen-bond acceptors (Lipinski definition) is 2.